The van der Waals surface area contributed by atoms with Gasteiger partial charge in [0, 0.05) is 18.5 Å². The number of carboxylic acids is 1. The second-order valence-electron chi connectivity index (χ2n) is 5.12. The molecule has 0 aromatic heterocycles. The van der Waals surface area contributed by atoms with E-state index < -0.39 is 33.9 Å². The van der Waals surface area contributed by atoms with Crippen LogP contribution in [-0.2, 0) is 19.6 Å². The summed E-state index contributed by atoms with van der Waals surface area (Å²) in [7, 11) is -3.52. The first-order valence-corrected chi connectivity index (χ1v) is 7.85. The van der Waals surface area contributed by atoms with Crippen molar-refractivity contribution in [1.82, 2.24) is 9.62 Å². The van der Waals surface area contributed by atoms with E-state index in [0.29, 0.717) is 6.42 Å². The first kappa shape index (κ1) is 16.6. The minimum absolute atomic E-state index is 0.0601. The second kappa shape index (κ2) is 6.36. The highest BCUT2D eigenvalue weighted by Crippen LogP contribution is 2.20. The number of amides is 1. The molecule has 1 heterocycles. The van der Waals surface area contributed by atoms with Crippen LogP contribution in [0.4, 0.5) is 0 Å². The first-order valence-electron chi connectivity index (χ1n) is 6.34. The van der Waals surface area contributed by atoms with E-state index in [2.05, 4.69) is 11.9 Å². The summed E-state index contributed by atoms with van der Waals surface area (Å²) in [5.41, 5.74) is 0. The summed E-state index contributed by atoms with van der Waals surface area (Å²) in [4.78, 5) is 23.0. The molecule has 1 aliphatic heterocycles. The van der Waals surface area contributed by atoms with Gasteiger partial charge in [-0.05, 0) is 12.3 Å². The van der Waals surface area contributed by atoms with Crippen molar-refractivity contribution in [3.05, 3.63) is 12.0 Å². The minimum Gasteiger partial charge on any atom is -0.480 e. The van der Waals surface area contributed by atoms with Crippen molar-refractivity contribution in [3.63, 3.8) is 0 Å². The Balaban J connectivity index is 2.67. The maximum absolute atomic E-state index is 12.0. The summed E-state index contributed by atoms with van der Waals surface area (Å²) >= 11 is 0. The van der Waals surface area contributed by atoms with Gasteiger partial charge in [-0.3, -0.25) is 4.79 Å². The van der Waals surface area contributed by atoms with E-state index in [1.165, 1.54) is 4.31 Å². The summed E-state index contributed by atoms with van der Waals surface area (Å²) in [5.74, 6) is -2.29. The molecule has 0 aliphatic carbocycles. The van der Waals surface area contributed by atoms with Gasteiger partial charge in [0.05, 0.1) is 5.92 Å². The minimum atomic E-state index is -3.52. The average Bonchev–Trinajstić information content (AvgIpc) is 2.85. The van der Waals surface area contributed by atoms with Gasteiger partial charge in [-0.2, -0.15) is 4.31 Å². The van der Waals surface area contributed by atoms with Gasteiger partial charge in [-0.25, -0.2) is 13.2 Å². The number of sulfonamides is 1. The molecule has 8 heteroatoms. The molecule has 2 atom stereocenters. The number of nitrogens with one attached hydrogen (secondary N) is 1. The third-order valence-corrected chi connectivity index (χ3v) is 4.80. The lowest BCUT2D eigenvalue weighted by Crippen LogP contribution is -2.47. The Kier molecular flexibility index (Phi) is 5.29. The van der Waals surface area contributed by atoms with Crippen LogP contribution in [-0.4, -0.2) is 48.8 Å². The fourth-order valence-electron chi connectivity index (χ4n) is 2.06. The van der Waals surface area contributed by atoms with Gasteiger partial charge in [-0.15, -0.1) is 0 Å². The van der Waals surface area contributed by atoms with Crippen LogP contribution in [0.25, 0.3) is 0 Å². The largest absolute Gasteiger partial charge is 0.480 e. The molecule has 0 unspecified atom stereocenters. The standard InChI is InChI=1S/C12H20N2O5S/c1-4-20(18,19)14-6-5-9(7-14)11(15)13-10(8(2)3)12(16)17/h4,8-10H,1,5-7H2,2-3H3,(H,13,15)(H,16,17)/t9-,10-/m0/s1. The predicted molar refractivity (Wildman–Crippen MR) is 73.2 cm³/mol. The van der Waals surface area contributed by atoms with E-state index in [4.69, 9.17) is 5.11 Å². The summed E-state index contributed by atoms with van der Waals surface area (Å²) in [6.45, 7) is 6.93. The Morgan fingerprint density at radius 2 is 2.05 bits per heavy atom. The summed E-state index contributed by atoms with van der Waals surface area (Å²) < 4.78 is 24.4. The number of rotatable bonds is 6. The molecule has 7 nitrogen and oxygen atoms in total. The van der Waals surface area contributed by atoms with E-state index in [-0.39, 0.29) is 19.0 Å². The highest BCUT2D eigenvalue weighted by atomic mass is 32.2. The lowest BCUT2D eigenvalue weighted by molar-refractivity contribution is -0.143. The molecular weight excluding hydrogens is 284 g/mol. The van der Waals surface area contributed by atoms with Crippen LogP contribution >= 0.6 is 0 Å². The maximum Gasteiger partial charge on any atom is 0.326 e. The molecule has 114 valence electrons. The van der Waals surface area contributed by atoms with Crippen molar-refractivity contribution in [2.24, 2.45) is 11.8 Å². The lowest BCUT2D eigenvalue weighted by Gasteiger charge is -2.20. The van der Waals surface area contributed by atoms with Crippen LogP contribution in [0.3, 0.4) is 0 Å². The third-order valence-electron chi connectivity index (χ3n) is 3.32. The van der Waals surface area contributed by atoms with Gasteiger partial charge in [0.2, 0.25) is 15.9 Å². The van der Waals surface area contributed by atoms with Crippen LogP contribution < -0.4 is 5.32 Å². The average molecular weight is 304 g/mol. The molecule has 0 radical (unpaired) electrons. The third kappa shape index (κ3) is 3.80. The molecule has 1 amide bonds. The highest BCUT2D eigenvalue weighted by molar-refractivity contribution is 7.92. The molecule has 1 fully saturated rings. The van der Waals surface area contributed by atoms with Crippen molar-refractivity contribution >= 4 is 21.9 Å². The molecule has 0 saturated carbocycles. The Hall–Kier alpha value is -1.41. The Bertz CT molecular complexity index is 500. The molecule has 2 N–H and O–H groups in total. The Labute approximate surface area is 118 Å². The lowest BCUT2D eigenvalue weighted by atomic mass is 10.0. The van der Waals surface area contributed by atoms with Crippen molar-refractivity contribution in [1.29, 1.82) is 0 Å². The van der Waals surface area contributed by atoms with Gasteiger partial charge in [-0.1, -0.05) is 20.4 Å². The molecule has 0 aromatic rings. The van der Waals surface area contributed by atoms with Gasteiger partial charge in [0.25, 0.3) is 0 Å². The summed E-state index contributed by atoms with van der Waals surface area (Å²) in [6.07, 6.45) is 0.378. The number of nitrogens with zero attached hydrogens (tertiary/aromatic N) is 1. The number of hydrogen-bond donors (Lipinski definition) is 2. The van der Waals surface area contributed by atoms with Crippen LogP contribution in [0.1, 0.15) is 20.3 Å². The molecule has 1 aliphatic rings. The molecule has 1 saturated heterocycles. The molecule has 20 heavy (non-hydrogen) atoms. The van der Waals surface area contributed by atoms with Crippen LogP contribution in [0.2, 0.25) is 0 Å². The number of carbonyl (C=O) groups excluding carboxylic acids is 1. The van der Waals surface area contributed by atoms with E-state index in [9.17, 15) is 18.0 Å². The first-order chi connectivity index (χ1) is 9.19. The van der Waals surface area contributed by atoms with Crippen molar-refractivity contribution in [2.75, 3.05) is 13.1 Å². The van der Waals surface area contributed by atoms with E-state index >= 15 is 0 Å². The molecule has 0 spiro atoms. The molecule has 1 rings (SSSR count). The monoisotopic (exact) mass is 304 g/mol. The zero-order valence-electron chi connectivity index (χ0n) is 11.6. The fourth-order valence-corrected chi connectivity index (χ4v) is 3.02. The van der Waals surface area contributed by atoms with E-state index in [1.807, 2.05) is 0 Å². The second-order valence-corrected chi connectivity index (χ2v) is 7.00. The van der Waals surface area contributed by atoms with Gasteiger partial charge in [0.15, 0.2) is 0 Å². The highest BCUT2D eigenvalue weighted by Gasteiger charge is 2.35. The zero-order valence-corrected chi connectivity index (χ0v) is 12.4. The number of carbonyl (C=O) groups is 2. The van der Waals surface area contributed by atoms with E-state index in [0.717, 1.165) is 5.41 Å². The summed E-state index contributed by atoms with van der Waals surface area (Å²) in [6, 6.07) is -0.965. The predicted octanol–water partition coefficient (Wildman–Crippen LogP) is 0.00700. The molecule has 0 aromatic carbocycles. The van der Waals surface area contributed by atoms with Crippen LogP contribution in [0.15, 0.2) is 12.0 Å². The van der Waals surface area contributed by atoms with Crippen molar-refractivity contribution < 1.29 is 23.1 Å². The zero-order chi connectivity index (χ0) is 15.5. The normalized spacial score (nSPS) is 21.6. The smallest absolute Gasteiger partial charge is 0.326 e. The maximum atomic E-state index is 12.0. The van der Waals surface area contributed by atoms with Crippen molar-refractivity contribution in [3.8, 4) is 0 Å². The topological polar surface area (TPSA) is 104 Å². The van der Waals surface area contributed by atoms with Crippen LogP contribution in [0.5, 0.6) is 0 Å². The Morgan fingerprint density at radius 3 is 2.50 bits per heavy atom. The number of carboxylic acid groups (broad SMARTS) is 1. The number of aliphatic carboxylic acids is 1. The molecule has 0 bridgehead atoms. The van der Waals surface area contributed by atoms with E-state index in [1.54, 1.807) is 13.8 Å². The molecular formula is C12H20N2O5S. The van der Waals surface area contributed by atoms with Gasteiger partial charge >= 0.3 is 5.97 Å². The van der Waals surface area contributed by atoms with Gasteiger partial charge in [0.1, 0.15) is 6.04 Å². The fraction of sp³-hybridized carbons (Fsp3) is 0.667. The van der Waals surface area contributed by atoms with Gasteiger partial charge < -0.3 is 10.4 Å². The number of hydrogen-bond acceptors (Lipinski definition) is 4. The van der Waals surface area contributed by atoms with Crippen molar-refractivity contribution in [2.45, 2.75) is 26.3 Å². The summed E-state index contributed by atoms with van der Waals surface area (Å²) in [5, 5.41) is 12.3. The quantitative estimate of drug-likeness (QED) is 0.719. The SMILES string of the molecule is C=CS(=O)(=O)N1CC[C@H](C(=O)N[C@H](C(=O)O)C(C)C)C1. The van der Waals surface area contributed by atoms with Crippen LogP contribution in [0, 0.1) is 11.8 Å². The Morgan fingerprint density at radius 1 is 1.45 bits per heavy atom.